The van der Waals surface area contributed by atoms with Crippen LogP contribution in [0.1, 0.15) is 79.6 Å². The van der Waals surface area contributed by atoms with Gasteiger partial charge in [-0.05, 0) is 66.2 Å². The molecule has 0 spiro atoms. The van der Waals surface area contributed by atoms with E-state index in [1.807, 2.05) is 0 Å². The minimum Gasteiger partial charge on any atom is -0.461 e. The van der Waals surface area contributed by atoms with Crippen LogP contribution in [0.5, 0.6) is 0 Å². The van der Waals surface area contributed by atoms with Crippen LogP contribution < -0.4 is 16.1 Å². The molecule has 1 aliphatic carbocycles. The van der Waals surface area contributed by atoms with Gasteiger partial charge >= 0.3 is 12.1 Å². The van der Waals surface area contributed by atoms with Gasteiger partial charge in [0.1, 0.15) is 34.7 Å². The molecule has 0 radical (unpaired) electrons. The molecule has 2 aliphatic rings. The highest BCUT2D eigenvalue weighted by Gasteiger charge is 2.36. The first kappa shape index (κ1) is 30.4. The van der Waals surface area contributed by atoms with Gasteiger partial charge in [0.05, 0.1) is 0 Å². The SMILES string of the molecule is C[C@H](NC(=O)[C@@H](NC(=O)OC(C)(C)C)C1CCCCC1)C(=O)N1CCC[C@@H](C(=O)OCC(C)(Cl)Cl)N1. The van der Waals surface area contributed by atoms with Crippen LogP contribution >= 0.6 is 23.2 Å². The van der Waals surface area contributed by atoms with E-state index < -0.39 is 51.9 Å². The molecule has 0 aromatic rings. The number of amides is 3. The second kappa shape index (κ2) is 13.1. The summed E-state index contributed by atoms with van der Waals surface area (Å²) in [4.78, 5) is 51.1. The molecule has 1 heterocycles. The second-order valence-corrected chi connectivity index (χ2v) is 12.6. The number of hydrogen-bond donors (Lipinski definition) is 3. The predicted molar refractivity (Wildman–Crippen MR) is 136 cm³/mol. The summed E-state index contributed by atoms with van der Waals surface area (Å²) in [5.74, 6) is -1.45. The number of carbonyl (C=O) groups is 4. The molecule has 2 fully saturated rings. The Hall–Kier alpha value is -1.78. The lowest BCUT2D eigenvalue weighted by Crippen LogP contribution is -2.61. The van der Waals surface area contributed by atoms with Gasteiger partial charge in [-0.1, -0.05) is 42.5 Å². The van der Waals surface area contributed by atoms with Gasteiger partial charge in [-0.25, -0.2) is 10.2 Å². The van der Waals surface area contributed by atoms with Crippen LogP contribution in [0, 0.1) is 5.92 Å². The van der Waals surface area contributed by atoms with Gasteiger partial charge in [-0.15, -0.1) is 0 Å². The van der Waals surface area contributed by atoms with Crippen molar-refractivity contribution in [3.8, 4) is 0 Å². The van der Waals surface area contributed by atoms with Crippen LogP contribution in [0.15, 0.2) is 0 Å². The zero-order valence-corrected chi connectivity index (χ0v) is 23.3. The summed E-state index contributed by atoms with van der Waals surface area (Å²) in [5.41, 5.74) is 2.17. The first-order valence-electron chi connectivity index (χ1n) is 12.6. The topological polar surface area (TPSA) is 126 Å². The Labute approximate surface area is 223 Å². The molecule has 3 atom stereocenters. The fourth-order valence-corrected chi connectivity index (χ4v) is 4.42. The molecule has 12 heteroatoms. The van der Waals surface area contributed by atoms with Gasteiger partial charge in [-0.3, -0.25) is 19.4 Å². The zero-order chi connectivity index (χ0) is 27.1. The van der Waals surface area contributed by atoms with E-state index in [1.54, 1.807) is 27.7 Å². The summed E-state index contributed by atoms with van der Waals surface area (Å²) in [6, 6.07) is -2.43. The first-order valence-corrected chi connectivity index (χ1v) is 13.3. The van der Waals surface area contributed by atoms with Gasteiger partial charge in [0.25, 0.3) is 5.91 Å². The molecular formula is C24H40Cl2N4O6. The number of esters is 1. The number of hydrogen-bond acceptors (Lipinski definition) is 7. The predicted octanol–water partition coefficient (Wildman–Crippen LogP) is 3.20. The number of ether oxygens (including phenoxy) is 2. The van der Waals surface area contributed by atoms with Crippen molar-refractivity contribution >= 4 is 47.1 Å². The van der Waals surface area contributed by atoms with Gasteiger partial charge in [-0.2, -0.15) is 0 Å². The Kier molecular flexibility index (Phi) is 11.1. The lowest BCUT2D eigenvalue weighted by molar-refractivity contribution is -0.153. The van der Waals surface area contributed by atoms with E-state index in [1.165, 1.54) is 11.9 Å². The van der Waals surface area contributed by atoms with Crippen LogP contribution in [0.4, 0.5) is 4.79 Å². The maximum Gasteiger partial charge on any atom is 0.408 e. The lowest BCUT2D eigenvalue weighted by atomic mass is 9.83. The fourth-order valence-electron chi connectivity index (χ4n) is 4.31. The quantitative estimate of drug-likeness (QED) is 0.313. The molecule has 1 aliphatic heterocycles. The van der Waals surface area contributed by atoms with Gasteiger partial charge in [0.2, 0.25) is 5.91 Å². The number of halogens is 2. The van der Waals surface area contributed by atoms with Crippen molar-refractivity contribution in [1.82, 2.24) is 21.1 Å². The highest BCUT2D eigenvalue weighted by molar-refractivity contribution is 6.48. The maximum atomic E-state index is 13.2. The molecule has 0 aromatic carbocycles. The third-order valence-corrected chi connectivity index (χ3v) is 6.23. The van der Waals surface area contributed by atoms with Crippen molar-refractivity contribution in [1.29, 1.82) is 0 Å². The number of alkyl halides is 2. The monoisotopic (exact) mass is 550 g/mol. The van der Waals surface area contributed by atoms with Crippen molar-refractivity contribution in [2.45, 2.75) is 108 Å². The van der Waals surface area contributed by atoms with E-state index in [2.05, 4.69) is 16.1 Å². The third-order valence-electron chi connectivity index (χ3n) is 6.01. The van der Waals surface area contributed by atoms with Crippen molar-refractivity contribution in [3.05, 3.63) is 0 Å². The highest BCUT2D eigenvalue weighted by Crippen LogP contribution is 2.27. The number of carbonyl (C=O) groups excluding carboxylic acids is 4. The van der Waals surface area contributed by atoms with E-state index in [0.29, 0.717) is 19.4 Å². The summed E-state index contributed by atoms with van der Waals surface area (Å²) in [6.45, 7) is 8.53. The minimum absolute atomic E-state index is 0.0459. The molecule has 2 rings (SSSR count). The number of nitrogens with zero attached hydrogens (tertiary/aromatic N) is 1. The van der Waals surface area contributed by atoms with Gasteiger partial charge in [0, 0.05) is 6.54 Å². The zero-order valence-electron chi connectivity index (χ0n) is 21.8. The van der Waals surface area contributed by atoms with Crippen LogP contribution in [-0.4, -0.2) is 70.1 Å². The molecule has 1 saturated carbocycles. The van der Waals surface area contributed by atoms with Crippen molar-refractivity contribution in [2.24, 2.45) is 5.92 Å². The standard InChI is InChI=1S/C24H40Cl2N4O6/c1-15(20(32)30-13-9-12-17(29-30)21(33)35-14-24(5,25)26)27-19(31)18(16-10-7-6-8-11-16)28-22(34)36-23(2,3)4/h15-18,29H,6-14H2,1-5H3,(H,27,31)(H,28,34)/t15-,17-,18-/m0/s1. The Morgan fingerprint density at radius 3 is 2.22 bits per heavy atom. The summed E-state index contributed by atoms with van der Waals surface area (Å²) in [7, 11) is 0. The maximum absolute atomic E-state index is 13.2. The summed E-state index contributed by atoms with van der Waals surface area (Å²) in [6.07, 6.45) is 5.02. The van der Waals surface area contributed by atoms with E-state index in [-0.39, 0.29) is 12.5 Å². The third kappa shape index (κ3) is 10.3. The average Bonchev–Trinajstić information content (AvgIpc) is 2.79. The largest absolute Gasteiger partial charge is 0.461 e. The lowest BCUT2D eigenvalue weighted by Gasteiger charge is -2.35. The normalized spacial score (nSPS) is 21.2. The van der Waals surface area contributed by atoms with Crippen molar-refractivity contribution in [3.63, 3.8) is 0 Å². The van der Waals surface area contributed by atoms with E-state index in [4.69, 9.17) is 32.7 Å². The van der Waals surface area contributed by atoms with Crippen molar-refractivity contribution in [2.75, 3.05) is 13.2 Å². The summed E-state index contributed by atoms with van der Waals surface area (Å²) >= 11 is 11.7. The summed E-state index contributed by atoms with van der Waals surface area (Å²) < 4.78 is 9.29. The Morgan fingerprint density at radius 1 is 1.00 bits per heavy atom. The minimum atomic E-state index is -1.21. The molecule has 3 amide bonds. The van der Waals surface area contributed by atoms with E-state index >= 15 is 0 Å². The molecule has 3 N–H and O–H groups in total. The number of rotatable bonds is 8. The second-order valence-electron chi connectivity index (χ2n) is 10.7. The van der Waals surface area contributed by atoms with Crippen molar-refractivity contribution < 1.29 is 28.7 Å². The Morgan fingerprint density at radius 2 is 1.64 bits per heavy atom. The number of nitrogens with one attached hydrogen (secondary N) is 3. The van der Waals surface area contributed by atoms with Crippen LogP contribution in [0.25, 0.3) is 0 Å². The molecule has 0 aromatic heterocycles. The molecule has 1 saturated heterocycles. The molecule has 36 heavy (non-hydrogen) atoms. The Bertz CT molecular complexity index is 792. The highest BCUT2D eigenvalue weighted by atomic mass is 35.5. The number of alkyl carbamates (subject to hydrolysis) is 1. The van der Waals surface area contributed by atoms with E-state index in [0.717, 1.165) is 32.1 Å². The molecule has 10 nitrogen and oxygen atoms in total. The molecular weight excluding hydrogens is 511 g/mol. The summed E-state index contributed by atoms with van der Waals surface area (Å²) in [5, 5.41) is 6.78. The van der Waals surface area contributed by atoms with Crippen LogP contribution in [-0.2, 0) is 23.9 Å². The van der Waals surface area contributed by atoms with Gasteiger partial charge < -0.3 is 20.1 Å². The van der Waals surface area contributed by atoms with Gasteiger partial charge in [0.15, 0.2) is 0 Å². The number of hydrazine groups is 1. The molecule has 0 bridgehead atoms. The average molecular weight is 552 g/mol. The molecule has 0 unspecified atom stereocenters. The fraction of sp³-hybridized carbons (Fsp3) is 0.833. The Balaban J connectivity index is 1.99. The van der Waals surface area contributed by atoms with Crippen LogP contribution in [0.3, 0.4) is 0 Å². The first-order chi connectivity index (χ1) is 16.7. The molecule has 206 valence electrons. The van der Waals surface area contributed by atoms with E-state index in [9.17, 15) is 19.2 Å². The van der Waals surface area contributed by atoms with Crippen LogP contribution in [0.2, 0.25) is 0 Å². The smallest absolute Gasteiger partial charge is 0.408 e.